The normalized spacial score (nSPS) is 16.8. The largest absolute Gasteiger partial charge is 0.449 e. The van der Waals surface area contributed by atoms with Gasteiger partial charge in [-0.1, -0.05) is 194 Å². The van der Waals surface area contributed by atoms with Gasteiger partial charge in [0.15, 0.2) is 24.8 Å². The lowest BCUT2D eigenvalue weighted by Gasteiger charge is -2.22. The molecule has 590 valence electrons. The summed E-state index contributed by atoms with van der Waals surface area (Å²) in [5, 5.41) is 14.8. The minimum atomic E-state index is -2.38. The molecule has 2 saturated carbocycles. The van der Waals surface area contributed by atoms with E-state index in [0.717, 1.165) is 183 Å². The van der Waals surface area contributed by atoms with Crippen molar-refractivity contribution in [2.75, 3.05) is 0 Å². The van der Waals surface area contributed by atoms with E-state index in [0.29, 0.717) is 72.0 Å². The summed E-state index contributed by atoms with van der Waals surface area (Å²) < 4.78 is 172. The lowest BCUT2D eigenvalue weighted by molar-refractivity contribution is -0.659. The molecule has 8 heteroatoms. The molecule has 0 radical (unpaired) electrons. The van der Waals surface area contributed by atoms with E-state index in [-0.39, 0.29) is 22.3 Å². The molecule has 8 aromatic heterocycles. The summed E-state index contributed by atoms with van der Waals surface area (Å²) in [7, 11) is 7.53. The molecule has 0 saturated heterocycles. The Bertz CT molecular complexity index is 8270. The number of pyridine rings is 4. The summed E-state index contributed by atoms with van der Waals surface area (Å²) >= 11 is 0. The van der Waals surface area contributed by atoms with Gasteiger partial charge < -0.3 is 17.7 Å². The monoisotopic (exact) mass is 1580 g/mol. The Morgan fingerprint density at radius 2 is 0.622 bits per heavy atom. The number of rotatable bonds is 6. The summed E-state index contributed by atoms with van der Waals surface area (Å²) in [4.78, 5) is 0. The summed E-state index contributed by atoms with van der Waals surface area (Å²) in [6.07, 6.45) is 17.6. The summed E-state index contributed by atoms with van der Waals surface area (Å²) in [5.74, 6) is -1.03. The summed E-state index contributed by atoms with van der Waals surface area (Å²) in [5.41, 5.74) is 22.0. The van der Waals surface area contributed by atoms with Crippen LogP contribution in [0.1, 0.15) is 172 Å². The van der Waals surface area contributed by atoms with E-state index in [1.165, 1.54) is 34.7 Å². The van der Waals surface area contributed by atoms with Crippen LogP contribution in [0.25, 0.3) is 176 Å². The molecular weight excluding hydrogens is 1450 g/mol. The third kappa shape index (κ3) is 14.0. The molecule has 119 heavy (non-hydrogen) atoms. The standard InChI is InChI=1S/C31H32NO.C29H28NO.C26H24NO.C25H22NO/c1-19-10-13-26(20(2)14-19)30-31-29(21(3)18-32(30)4)27-16-25-15-23(22-8-6-5-7-9-22)11-12-24(25)17-28(27)33-31;1-19-8-6-7-11-24(19)28-29-25(14-15-30(28)2)26-17-23-16-21(20-9-4-3-5-10-20)12-13-22(23)18-27(26)31-29;1-15-7-9-21(17(3)10-15)25-26-24(18(4)14-27(25)5)22-12-20-11-16(2)6-8-19(20)13-23(22)28-26;1-15-9-10-18-13-22-21(12-19(18)11-15)23-17(3)14-26(4)24(25(23)27-22)20-8-6-5-7-16(20)2/h10-18,22H,5-9H2,1-4H3;6-8,11-18,20H,3-5,9-10H2,1-2H3;6-14H,1-5H3;5-14H,1-4H3/q4*+1/i1D3,3D3,22D;20D;1D3,4D3;3D3. The van der Waals surface area contributed by atoms with Crippen LogP contribution in [-0.4, -0.2) is 0 Å². The second kappa shape index (κ2) is 30.8. The first kappa shape index (κ1) is 59.2. The van der Waals surface area contributed by atoms with Gasteiger partial charge in [-0.2, -0.15) is 18.3 Å². The summed E-state index contributed by atoms with van der Waals surface area (Å²) in [6.45, 7) is 0.593. The molecule has 0 amide bonds. The van der Waals surface area contributed by atoms with Crippen molar-refractivity contribution in [3.8, 4) is 45.0 Å². The second-order valence-corrected chi connectivity index (χ2v) is 33.3. The van der Waals surface area contributed by atoms with Gasteiger partial charge in [-0.15, -0.1) is 0 Å². The average Bonchev–Trinajstić information content (AvgIpc) is 1.56. The predicted molar refractivity (Wildman–Crippen MR) is 495 cm³/mol. The Morgan fingerprint density at radius 1 is 0.277 bits per heavy atom. The highest BCUT2D eigenvalue weighted by Crippen LogP contribution is 2.46. The molecule has 12 aromatic carbocycles. The maximum atomic E-state index is 9.11. The zero-order valence-corrected chi connectivity index (χ0v) is 69.0. The van der Waals surface area contributed by atoms with Crippen molar-refractivity contribution in [1.82, 2.24) is 0 Å². The van der Waals surface area contributed by atoms with Gasteiger partial charge in [-0.3, -0.25) is 0 Å². The van der Waals surface area contributed by atoms with Crippen LogP contribution in [0.15, 0.2) is 255 Å². The average molecular weight is 1580 g/mol. The predicted octanol–water partition coefficient (Wildman–Crippen LogP) is 28.4. The molecule has 0 N–H and O–H groups in total. The lowest BCUT2D eigenvalue weighted by Crippen LogP contribution is -2.31. The SMILES string of the molecule is [2H]C([2H])([2H])c1c[n+](C)c(-c2ccccc2C)c2oc3cc4ccc(C)cc4cc3c12.[2H]C([2H])([2H])c1ccc(-c2c3oc4cc5ccc(C)cc5cc4c3c(C([2H])([2H])[2H])c[n+]2C)c(C)c1.[2H]C([2H])([2H])c1ccc(-c2c3oc4cc5ccc(C6([2H])CCCCC6)cc5cc4c3c(C([2H])([2H])[2H])c[n+]2C)c(C)c1.[2H]C1(c2ccc3cc4oc5c(-c6ccccc6C)[n+](C)ccc5c4cc3c2)CCCCC1. The van der Waals surface area contributed by atoms with Crippen molar-refractivity contribution >= 4 is 131 Å². The molecule has 8 heterocycles. The molecule has 20 aromatic rings. The van der Waals surface area contributed by atoms with Gasteiger partial charge in [0.1, 0.15) is 50.5 Å². The number of aromatic nitrogens is 4. The Morgan fingerprint density at radius 3 is 1.01 bits per heavy atom. The van der Waals surface area contributed by atoms with E-state index in [1.807, 2.05) is 105 Å². The number of aryl methyl sites for hydroxylation is 15. The second-order valence-electron chi connectivity index (χ2n) is 33.3. The number of benzene rings is 12. The minimum Gasteiger partial charge on any atom is -0.449 e. The minimum absolute atomic E-state index is 0.198. The van der Waals surface area contributed by atoms with E-state index in [2.05, 4.69) is 142 Å². The van der Waals surface area contributed by atoms with Crippen LogP contribution in [-0.2, 0) is 28.2 Å². The molecule has 2 aliphatic rings. The fourth-order valence-electron chi connectivity index (χ4n) is 18.9. The van der Waals surface area contributed by atoms with Crippen LogP contribution in [0.4, 0.5) is 0 Å². The van der Waals surface area contributed by atoms with Crippen molar-refractivity contribution in [3.63, 3.8) is 0 Å². The van der Waals surface area contributed by atoms with Crippen LogP contribution >= 0.6 is 0 Å². The fraction of sp³-hybridized carbons (Fsp3) is 0.243. The van der Waals surface area contributed by atoms with Gasteiger partial charge in [0, 0.05) is 89.1 Å². The number of fused-ring (bicyclic) bond motifs is 16. The Balaban J connectivity index is 0.000000117. The maximum absolute atomic E-state index is 9.11. The van der Waals surface area contributed by atoms with Crippen molar-refractivity contribution in [1.29, 1.82) is 0 Å². The Kier molecular flexibility index (Phi) is 15.3. The van der Waals surface area contributed by atoms with E-state index in [4.69, 9.17) is 41.0 Å². The topological polar surface area (TPSA) is 68.1 Å². The zero-order valence-electron chi connectivity index (χ0n) is 86.0. The molecular formula is C111H106N4O4+4. The third-order valence-corrected chi connectivity index (χ3v) is 24.9. The first-order valence-corrected chi connectivity index (χ1v) is 41.5. The van der Waals surface area contributed by atoms with Crippen LogP contribution in [0.2, 0.25) is 0 Å². The number of nitrogens with zero attached hydrogens (tertiary/aromatic N) is 4. The summed E-state index contributed by atoms with van der Waals surface area (Å²) in [6, 6.07) is 70.3. The van der Waals surface area contributed by atoms with Crippen LogP contribution in [0.5, 0.6) is 0 Å². The van der Waals surface area contributed by atoms with E-state index in [1.54, 1.807) is 78.2 Å². The molecule has 0 aliphatic heterocycles. The van der Waals surface area contributed by atoms with Gasteiger partial charge in [-0.25, -0.2) is 0 Å². The Labute approximate surface area is 721 Å². The van der Waals surface area contributed by atoms with Gasteiger partial charge >= 0.3 is 0 Å². The smallest absolute Gasteiger partial charge is 0.256 e. The highest BCUT2D eigenvalue weighted by atomic mass is 16.3. The van der Waals surface area contributed by atoms with E-state index < -0.39 is 46.0 Å². The fourth-order valence-corrected chi connectivity index (χ4v) is 18.9. The van der Waals surface area contributed by atoms with Crippen molar-refractivity contribution in [3.05, 3.63) is 309 Å². The molecule has 0 atom stereocenters. The molecule has 8 nitrogen and oxygen atoms in total. The maximum Gasteiger partial charge on any atom is 0.256 e. The first-order chi connectivity index (χ1) is 64.4. The molecule has 0 bridgehead atoms. The van der Waals surface area contributed by atoms with Crippen LogP contribution in [0.3, 0.4) is 0 Å². The highest BCUT2D eigenvalue weighted by Gasteiger charge is 2.30. The van der Waals surface area contributed by atoms with Crippen molar-refractivity contribution in [2.45, 2.75) is 152 Å². The zero-order chi connectivity index (χ0) is 96.3. The number of hydrogen-bond donors (Lipinski definition) is 0. The van der Waals surface area contributed by atoms with Crippen LogP contribution in [0, 0.1) is 75.8 Å². The van der Waals surface area contributed by atoms with Crippen LogP contribution < -0.4 is 18.3 Å². The molecule has 0 unspecified atom stereocenters. The third-order valence-electron chi connectivity index (χ3n) is 24.9. The van der Waals surface area contributed by atoms with Gasteiger partial charge in [0.2, 0.25) is 22.3 Å². The number of furan rings is 4. The molecule has 0 spiro atoms. The molecule has 2 aliphatic carbocycles. The van der Waals surface area contributed by atoms with Gasteiger partial charge in [0.05, 0.1) is 22.3 Å². The molecule has 22 rings (SSSR count). The molecule has 2 fully saturated rings. The van der Waals surface area contributed by atoms with E-state index in [9.17, 15) is 0 Å². The van der Waals surface area contributed by atoms with E-state index >= 15 is 0 Å². The quantitative estimate of drug-likeness (QED) is 0.156. The van der Waals surface area contributed by atoms with Crippen molar-refractivity contribution < 1.29 is 59.2 Å². The lowest BCUT2D eigenvalue weighted by atomic mass is 9.83. The highest BCUT2D eigenvalue weighted by molar-refractivity contribution is 6.17. The van der Waals surface area contributed by atoms with Crippen molar-refractivity contribution in [2.24, 2.45) is 28.2 Å². The van der Waals surface area contributed by atoms with Gasteiger partial charge in [0.25, 0.3) is 22.8 Å². The Hall–Kier alpha value is -12.5. The number of hydrogen-bond acceptors (Lipinski definition) is 4. The van der Waals surface area contributed by atoms with Gasteiger partial charge in [-0.05, 0) is 263 Å². The first-order valence-electron chi connectivity index (χ1n) is 50.0.